The van der Waals surface area contributed by atoms with Gasteiger partial charge >= 0.3 is 0 Å². The molecule has 3 heteroatoms. The minimum Gasteiger partial charge on any atom is -0.312 e. The van der Waals surface area contributed by atoms with Crippen LogP contribution in [-0.4, -0.2) is 6.54 Å². The van der Waals surface area contributed by atoms with Gasteiger partial charge in [0.15, 0.2) is 0 Å². The van der Waals surface area contributed by atoms with Crippen molar-refractivity contribution in [2.24, 2.45) is 11.8 Å². The van der Waals surface area contributed by atoms with E-state index in [4.69, 9.17) is 5.26 Å². The average Bonchev–Trinajstić information content (AvgIpc) is 2.49. The highest BCUT2D eigenvalue weighted by molar-refractivity contribution is 5.34. The van der Waals surface area contributed by atoms with E-state index in [-0.39, 0.29) is 11.4 Å². The van der Waals surface area contributed by atoms with Gasteiger partial charge in [-0.05, 0) is 37.3 Å². The molecule has 0 bridgehead atoms. The monoisotopic (exact) mass is 274 g/mol. The summed E-state index contributed by atoms with van der Waals surface area (Å²) in [6, 6.07) is 6.89. The maximum Gasteiger partial charge on any atom is 0.145 e. The van der Waals surface area contributed by atoms with Gasteiger partial charge in [-0.3, -0.25) is 0 Å². The first-order valence-corrected chi connectivity index (χ1v) is 7.62. The summed E-state index contributed by atoms with van der Waals surface area (Å²) in [5.74, 6) is 1.26. The second-order valence-electron chi connectivity index (χ2n) is 5.82. The van der Waals surface area contributed by atoms with Gasteiger partial charge in [-0.2, -0.15) is 5.26 Å². The van der Waals surface area contributed by atoms with Crippen molar-refractivity contribution in [3.8, 4) is 6.07 Å². The van der Waals surface area contributed by atoms with Gasteiger partial charge in [0.1, 0.15) is 11.9 Å². The second kappa shape index (κ2) is 7.40. The fourth-order valence-corrected chi connectivity index (χ4v) is 3.06. The van der Waals surface area contributed by atoms with E-state index < -0.39 is 0 Å². The van der Waals surface area contributed by atoms with E-state index in [1.807, 2.05) is 6.07 Å². The van der Waals surface area contributed by atoms with Gasteiger partial charge in [0.05, 0.1) is 5.56 Å². The molecule has 1 aromatic carbocycles. The lowest BCUT2D eigenvalue weighted by Gasteiger charge is -2.28. The van der Waals surface area contributed by atoms with Crippen molar-refractivity contribution < 1.29 is 4.39 Å². The first-order chi connectivity index (χ1) is 9.74. The number of hydrogen-bond donors (Lipinski definition) is 1. The SMILES string of the molecule is CCC1CCC(CNCc2cccc(C#N)c2F)CC1. The standard InChI is InChI=1S/C17H23FN2/c1-2-13-6-8-14(9-7-13)11-20-12-16-5-3-4-15(10-19)17(16)18/h3-5,13-14,20H,2,6-9,11-12H2,1H3. The van der Waals surface area contributed by atoms with Crippen molar-refractivity contribution in [2.75, 3.05) is 6.54 Å². The Morgan fingerprint density at radius 3 is 2.60 bits per heavy atom. The fraction of sp³-hybridized carbons (Fsp3) is 0.588. The summed E-state index contributed by atoms with van der Waals surface area (Å²) in [5, 5.41) is 12.2. The van der Waals surface area contributed by atoms with Crippen LogP contribution in [0.4, 0.5) is 4.39 Å². The van der Waals surface area contributed by atoms with Crippen LogP contribution in [-0.2, 0) is 6.54 Å². The maximum absolute atomic E-state index is 13.9. The average molecular weight is 274 g/mol. The summed E-state index contributed by atoms with van der Waals surface area (Å²) in [4.78, 5) is 0. The van der Waals surface area contributed by atoms with Crippen molar-refractivity contribution in [1.82, 2.24) is 5.32 Å². The van der Waals surface area contributed by atoms with E-state index in [9.17, 15) is 4.39 Å². The van der Waals surface area contributed by atoms with E-state index in [1.165, 1.54) is 38.2 Å². The Labute approximate surface area is 121 Å². The number of hydrogen-bond acceptors (Lipinski definition) is 2. The molecule has 1 fully saturated rings. The topological polar surface area (TPSA) is 35.8 Å². The molecule has 0 atom stereocenters. The summed E-state index contributed by atoms with van der Waals surface area (Å²) >= 11 is 0. The van der Waals surface area contributed by atoms with Gasteiger partial charge < -0.3 is 5.32 Å². The highest BCUT2D eigenvalue weighted by atomic mass is 19.1. The zero-order chi connectivity index (χ0) is 14.4. The minimum absolute atomic E-state index is 0.132. The predicted octanol–water partition coefficient (Wildman–Crippen LogP) is 4.00. The summed E-state index contributed by atoms with van der Waals surface area (Å²) in [7, 11) is 0. The van der Waals surface area contributed by atoms with Gasteiger partial charge in [-0.25, -0.2) is 4.39 Å². The van der Waals surface area contributed by atoms with Crippen molar-refractivity contribution >= 4 is 0 Å². The van der Waals surface area contributed by atoms with Crippen LogP contribution in [0.2, 0.25) is 0 Å². The summed E-state index contributed by atoms with van der Waals surface area (Å²) in [5.41, 5.74) is 0.721. The molecule has 0 aliphatic heterocycles. The molecular formula is C17H23FN2. The molecule has 0 unspecified atom stereocenters. The van der Waals surface area contributed by atoms with Crippen molar-refractivity contribution in [3.05, 3.63) is 35.1 Å². The molecular weight excluding hydrogens is 251 g/mol. The Morgan fingerprint density at radius 2 is 1.95 bits per heavy atom. The summed E-state index contributed by atoms with van der Waals surface area (Å²) < 4.78 is 13.9. The van der Waals surface area contributed by atoms with Gasteiger partial charge in [-0.15, -0.1) is 0 Å². The van der Waals surface area contributed by atoms with Crippen LogP contribution in [0, 0.1) is 29.0 Å². The minimum atomic E-state index is -0.378. The first kappa shape index (κ1) is 15.0. The normalized spacial score (nSPS) is 22.4. The molecule has 20 heavy (non-hydrogen) atoms. The van der Waals surface area contributed by atoms with Crippen LogP contribution in [0.25, 0.3) is 0 Å². The molecule has 0 heterocycles. The van der Waals surface area contributed by atoms with Gasteiger partial charge in [0.25, 0.3) is 0 Å². The molecule has 0 aromatic heterocycles. The van der Waals surface area contributed by atoms with Gasteiger partial charge in [0, 0.05) is 12.1 Å². The third kappa shape index (κ3) is 3.80. The highest BCUT2D eigenvalue weighted by Gasteiger charge is 2.19. The van der Waals surface area contributed by atoms with Crippen LogP contribution in [0.3, 0.4) is 0 Å². The molecule has 1 aromatic rings. The lowest BCUT2D eigenvalue weighted by atomic mass is 9.81. The third-order valence-corrected chi connectivity index (χ3v) is 4.49. The van der Waals surface area contributed by atoms with E-state index in [1.54, 1.807) is 12.1 Å². The van der Waals surface area contributed by atoms with E-state index >= 15 is 0 Å². The molecule has 1 N–H and O–H groups in total. The Morgan fingerprint density at radius 1 is 1.25 bits per heavy atom. The van der Waals surface area contributed by atoms with E-state index in [0.29, 0.717) is 12.1 Å². The largest absolute Gasteiger partial charge is 0.312 e. The number of rotatable bonds is 5. The van der Waals surface area contributed by atoms with Crippen molar-refractivity contribution in [3.63, 3.8) is 0 Å². The molecule has 0 amide bonds. The quantitative estimate of drug-likeness (QED) is 0.880. The van der Waals surface area contributed by atoms with Crippen LogP contribution in [0.15, 0.2) is 18.2 Å². The van der Waals surface area contributed by atoms with Crippen LogP contribution in [0.1, 0.15) is 50.2 Å². The third-order valence-electron chi connectivity index (χ3n) is 4.49. The number of halogens is 1. The molecule has 0 spiro atoms. The Bertz CT molecular complexity index is 470. The molecule has 1 saturated carbocycles. The maximum atomic E-state index is 13.9. The number of nitrogens with one attached hydrogen (secondary N) is 1. The fourth-order valence-electron chi connectivity index (χ4n) is 3.06. The number of nitriles is 1. The zero-order valence-electron chi connectivity index (χ0n) is 12.2. The van der Waals surface area contributed by atoms with Gasteiger partial charge in [0.2, 0.25) is 0 Å². The lowest BCUT2D eigenvalue weighted by Crippen LogP contribution is -2.26. The molecule has 1 aliphatic carbocycles. The van der Waals surface area contributed by atoms with Crippen molar-refractivity contribution in [1.29, 1.82) is 5.26 Å². The van der Waals surface area contributed by atoms with E-state index in [2.05, 4.69) is 12.2 Å². The van der Waals surface area contributed by atoms with Gasteiger partial charge in [-0.1, -0.05) is 38.3 Å². The molecule has 2 rings (SSSR count). The molecule has 1 aliphatic rings. The lowest BCUT2D eigenvalue weighted by molar-refractivity contribution is 0.262. The van der Waals surface area contributed by atoms with Crippen molar-refractivity contribution in [2.45, 2.75) is 45.6 Å². The van der Waals surface area contributed by atoms with Crippen LogP contribution < -0.4 is 5.32 Å². The predicted molar refractivity (Wildman–Crippen MR) is 78.6 cm³/mol. The highest BCUT2D eigenvalue weighted by Crippen LogP contribution is 2.30. The van der Waals surface area contributed by atoms with Crippen LogP contribution >= 0.6 is 0 Å². The molecule has 108 valence electrons. The second-order valence-corrected chi connectivity index (χ2v) is 5.82. The van der Waals surface area contributed by atoms with E-state index in [0.717, 1.165) is 18.4 Å². The Hall–Kier alpha value is -1.40. The number of benzene rings is 1. The number of nitrogens with zero attached hydrogens (tertiary/aromatic N) is 1. The summed E-state index contributed by atoms with van der Waals surface area (Å²) in [6.07, 6.45) is 6.53. The first-order valence-electron chi connectivity index (χ1n) is 7.62. The Kier molecular flexibility index (Phi) is 5.55. The smallest absolute Gasteiger partial charge is 0.145 e. The van der Waals surface area contributed by atoms with Crippen LogP contribution in [0.5, 0.6) is 0 Å². The zero-order valence-corrected chi connectivity index (χ0v) is 12.2. The Balaban J connectivity index is 1.78. The summed E-state index contributed by atoms with van der Waals surface area (Å²) in [6.45, 7) is 3.73. The molecule has 0 radical (unpaired) electrons. The molecule has 0 saturated heterocycles. The molecule has 2 nitrogen and oxygen atoms in total.